The molecule has 2 saturated heterocycles. The van der Waals surface area contributed by atoms with Crippen LogP contribution < -0.4 is 10.1 Å². The van der Waals surface area contributed by atoms with Gasteiger partial charge in [-0.1, -0.05) is 12.5 Å². The second-order valence-corrected chi connectivity index (χ2v) is 5.88. The highest BCUT2D eigenvalue weighted by Crippen LogP contribution is 2.23. The average molecular weight is 315 g/mol. The number of rotatable bonds is 4. The van der Waals surface area contributed by atoms with Crippen LogP contribution in [0.3, 0.4) is 0 Å². The highest BCUT2D eigenvalue weighted by Gasteiger charge is 2.29. The molecule has 2 aliphatic rings. The van der Waals surface area contributed by atoms with Crippen molar-refractivity contribution >= 4 is 12.4 Å². The summed E-state index contributed by atoms with van der Waals surface area (Å²) < 4.78 is 19.1. The van der Waals surface area contributed by atoms with Crippen LogP contribution in [0.2, 0.25) is 0 Å². The Morgan fingerprint density at radius 3 is 2.62 bits per heavy atom. The van der Waals surface area contributed by atoms with Crippen molar-refractivity contribution in [2.75, 3.05) is 19.7 Å². The van der Waals surface area contributed by atoms with E-state index in [0.717, 1.165) is 25.2 Å². The maximum absolute atomic E-state index is 13.9. The van der Waals surface area contributed by atoms with Crippen LogP contribution in [0.1, 0.15) is 31.7 Å². The van der Waals surface area contributed by atoms with E-state index in [0.29, 0.717) is 24.4 Å². The zero-order chi connectivity index (χ0) is 13.9. The number of ether oxygens (including phenoxy) is 1. The van der Waals surface area contributed by atoms with E-state index in [-0.39, 0.29) is 18.2 Å². The van der Waals surface area contributed by atoms with Crippen LogP contribution in [0.5, 0.6) is 5.75 Å². The first-order valence-electron chi connectivity index (χ1n) is 7.64. The molecule has 2 atom stereocenters. The van der Waals surface area contributed by atoms with Crippen LogP contribution in [-0.4, -0.2) is 36.7 Å². The van der Waals surface area contributed by atoms with Crippen molar-refractivity contribution in [2.24, 2.45) is 0 Å². The molecule has 118 valence electrons. The predicted molar refractivity (Wildman–Crippen MR) is 84.7 cm³/mol. The van der Waals surface area contributed by atoms with Crippen molar-refractivity contribution in [3.05, 3.63) is 29.6 Å². The lowest BCUT2D eigenvalue weighted by Gasteiger charge is -2.42. The monoisotopic (exact) mass is 314 g/mol. The van der Waals surface area contributed by atoms with Crippen LogP contribution in [0.25, 0.3) is 0 Å². The van der Waals surface area contributed by atoms with E-state index in [2.05, 4.69) is 10.2 Å². The van der Waals surface area contributed by atoms with E-state index < -0.39 is 0 Å². The molecular weight excluding hydrogens is 291 g/mol. The van der Waals surface area contributed by atoms with Gasteiger partial charge in [0.2, 0.25) is 0 Å². The van der Waals surface area contributed by atoms with Gasteiger partial charge in [-0.05, 0) is 37.5 Å². The molecule has 1 N–H and O–H groups in total. The van der Waals surface area contributed by atoms with E-state index in [1.807, 2.05) is 13.0 Å². The van der Waals surface area contributed by atoms with Gasteiger partial charge < -0.3 is 10.1 Å². The Labute approximate surface area is 132 Å². The number of hydrogen-bond acceptors (Lipinski definition) is 3. The van der Waals surface area contributed by atoms with Crippen LogP contribution in [-0.2, 0) is 6.54 Å². The molecule has 0 radical (unpaired) electrons. The molecule has 2 bridgehead atoms. The Hall–Kier alpha value is -0.840. The Morgan fingerprint density at radius 1 is 1.29 bits per heavy atom. The van der Waals surface area contributed by atoms with E-state index >= 15 is 0 Å². The van der Waals surface area contributed by atoms with Crippen molar-refractivity contribution in [1.82, 2.24) is 10.2 Å². The van der Waals surface area contributed by atoms with E-state index in [1.54, 1.807) is 12.1 Å². The number of nitrogens with one attached hydrogen (secondary N) is 1. The summed E-state index contributed by atoms with van der Waals surface area (Å²) in [4.78, 5) is 2.44. The zero-order valence-corrected chi connectivity index (χ0v) is 13.3. The lowest BCUT2D eigenvalue weighted by molar-refractivity contribution is 0.119. The number of piperazine rings is 1. The first-order valence-corrected chi connectivity index (χ1v) is 7.64. The maximum Gasteiger partial charge on any atom is 0.165 e. The number of fused-ring (bicyclic) bond motifs is 2. The second-order valence-electron chi connectivity index (χ2n) is 5.88. The summed E-state index contributed by atoms with van der Waals surface area (Å²) in [5.41, 5.74) is 1.03. The van der Waals surface area contributed by atoms with Gasteiger partial charge in [-0.25, -0.2) is 4.39 Å². The third-order valence-electron chi connectivity index (χ3n) is 4.24. The fraction of sp³-hybridized carbons (Fsp3) is 0.625. The minimum Gasteiger partial charge on any atom is -0.491 e. The lowest BCUT2D eigenvalue weighted by Crippen LogP contribution is -2.58. The van der Waals surface area contributed by atoms with Gasteiger partial charge in [0, 0.05) is 31.7 Å². The summed E-state index contributed by atoms with van der Waals surface area (Å²) >= 11 is 0. The molecule has 2 heterocycles. The van der Waals surface area contributed by atoms with Crippen molar-refractivity contribution in [2.45, 2.75) is 44.8 Å². The summed E-state index contributed by atoms with van der Waals surface area (Å²) in [7, 11) is 0. The van der Waals surface area contributed by atoms with E-state index in [9.17, 15) is 4.39 Å². The largest absolute Gasteiger partial charge is 0.491 e. The first kappa shape index (κ1) is 16.5. The van der Waals surface area contributed by atoms with Gasteiger partial charge in [0.05, 0.1) is 6.61 Å². The van der Waals surface area contributed by atoms with Gasteiger partial charge in [-0.15, -0.1) is 12.4 Å². The molecule has 0 amide bonds. The minimum atomic E-state index is -0.250. The molecule has 3 nitrogen and oxygen atoms in total. The van der Waals surface area contributed by atoms with Crippen molar-refractivity contribution in [1.29, 1.82) is 0 Å². The Morgan fingerprint density at radius 2 is 2.00 bits per heavy atom. The average Bonchev–Trinajstić information content (AvgIpc) is 2.42. The van der Waals surface area contributed by atoms with Crippen molar-refractivity contribution in [3.8, 4) is 5.75 Å². The standard InChI is InChI=1S/C16H23FN2O.ClH/c1-2-20-16-7-6-12(8-15(16)17)9-19-10-13-4-3-5-14(11-19)18-13;/h6-8,13-14,18H,2-5,9-11H2,1H3;1H. The number of halogens is 2. The van der Waals surface area contributed by atoms with Crippen LogP contribution in [0.15, 0.2) is 18.2 Å². The summed E-state index contributed by atoms with van der Waals surface area (Å²) in [6.45, 7) is 5.35. The third-order valence-corrected chi connectivity index (χ3v) is 4.24. The summed E-state index contributed by atoms with van der Waals surface area (Å²) in [6, 6.07) is 6.58. The van der Waals surface area contributed by atoms with E-state index in [1.165, 1.54) is 19.3 Å². The molecule has 2 unspecified atom stereocenters. The first-order chi connectivity index (χ1) is 9.74. The van der Waals surface area contributed by atoms with E-state index in [4.69, 9.17) is 4.74 Å². The third kappa shape index (κ3) is 4.09. The van der Waals surface area contributed by atoms with Crippen LogP contribution in [0, 0.1) is 5.82 Å². The second kappa shape index (κ2) is 7.43. The maximum atomic E-state index is 13.9. The van der Waals surface area contributed by atoms with Crippen LogP contribution in [0.4, 0.5) is 4.39 Å². The summed E-state index contributed by atoms with van der Waals surface area (Å²) in [6.07, 6.45) is 3.88. The van der Waals surface area contributed by atoms with Gasteiger partial charge in [0.1, 0.15) is 0 Å². The molecule has 2 fully saturated rings. The van der Waals surface area contributed by atoms with Gasteiger partial charge in [-0.3, -0.25) is 4.90 Å². The highest BCUT2D eigenvalue weighted by atomic mass is 35.5. The van der Waals surface area contributed by atoms with Gasteiger partial charge in [-0.2, -0.15) is 0 Å². The molecular formula is C16H24ClFN2O. The SMILES string of the molecule is CCOc1ccc(CN2CC3CCCC(C2)N3)cc1F.Cl. The fourth-order valence-corrected chi connectivity index (χ4v) is 3.40. The smallest absolute Gasteiger partial charge is 0.165 e. The van der Waals surface area contributed by atoms with Crippen molar-refractivity contribution in [3.63, 3.8) is 0 Å². The van der Waals surface area contributed by atoms with Gasteiger partial charge in [0.15, 0.2) is 11.6 Å². The Balaban J connectivity index is 0.00000161. The Kier molecular flexibility index (Phi) is 5.85. The Bertz CT molecular complexity index is 460. The molecule has 21 heavy (non-hydrogen) atoms. The molecule has 1 aromatic rings. The number of nitrogens with zero attached hydrogens (tertiary/aromatic N) is 1. The van der Waals surface area contributed by atoms with Crippen molar-refractivity contribution < 1.29 is 9.13 Å². The lowest BCUT2D eigenvalue weighted by atomic mass is 9.94. The zero-order valence-electron chi connectivity index (χ0n) is 12.5. The topological polar surface area (TPSA) is 24.5 Å². The molecule has 2 aliphatic heterocycles. The molecule has 0 aliphatic carbocycles. The van der Waals surface area contributed by atoms with Gasteiger partial charge >= 0.3 is 0 Å². The fourth-order valence-electron chi connectivity index (χ4n) is 3.40. The molecule has 0 saturated carbocycles. The molecule has 3 rings (SSSR count). The molecule has 5 heteroatoms. The number of likely N-dealkylation sites (tertiary alicyclic amines) is 1. The van der Waals surface area contributed by atoms with Crippen LogP contribution >= 0.6 is 12.4 Å². The molecule has 1 aromatic carbocycles. The normalized spacial score (nSPS) is 25.2. The molecule has 0 spiro atoms. The van der Waals surface area contributed by atoms with Gasteiger partial charge in [0.25, 0.3) is 0 Å². The quantitative estimate of drug-likeness (QED) is 0.924. The highest BCUT2D eigenvalue weighted by molar-refractivity contribution is 5.85. The minimum absolute atomic E-state index is 0. The summed E-state index contributed by atoms with van der Waals surface area (Å²) in [5.74, 6) is 0.105. The number of benzene rings is 1. The predicted octanol–water partition coefficient (Wildman–Crippen LogP) is 2.97. The number of hydrogen-bond donors (Lipinski definition) is 1. The summed E-state index contributed by atoms with van der Waals surface area (Å²) in [5, 5.41) is 3.67. The number of piperidine rings is 1. The molecule has 0 aromatic heterocycles.